The Morgan fingerprint density at radius 2 is 1.94 bits per heavy atom. The number of nitrogens with zero attached hydrogens (tertiary/aromatic N) is 5. The molecule has 1 spiro atoms. The molecule has 0 atom stereocenters. The van der Waals surface area contributed by atoms with Crippen LogP contribution in [-0.4, -0.2) is 72.5 Å². The smallest absolute Gasteiger partial charge is 0.311 e. The molecule has 0 unspecified atom stereocenters. The topological polar surface area (TPSA) is 88.7 Å². The first-order chi connectivity index (χ1) is 16.0. The maximum atomic E-state index is 11.6. The van der Waals surface area contributed by atoms with E-state index in [1.165, 1.54) is 39.6 Å². The van der Waals surface area contributed by atoms with Crippen LogP contribution in [0.5, 0.6) is 5.75 Å². The molecule has 0 saturated carbocycles. The third-order valence-corrected chi connectivity index (χ3v) is 7.77. The van der Waals surface area contributed by atoms with Crippen LogP contribution in [0.15, 0.2) is 24.5 Å². The van der Waals surface area contributed by atoms with Crippen LogP contribution in [0.25, 0.3) is 11.1 Å². The fraction of sp³-hybridized carbons (Fsp3) is 0.625. The van der Waals surface area contributed by atoms with Crippen molar-refractivity contribution in [1.29, 1.82) is 0 Å². The van der Waals surface area contributed by atoms with Crippen LogP contribution < -0.4 is 15.0 Å². The van der Waals surface area contributed by atoms with Crippen molar-refractivity contribution >= 4 is 23.8 Å². The molecule has 2 aromatic rings. The summed E-state index contributed by atoms with van der Waals surface area (Å²) in [6.07, 6.45) is 8.59. The molecule has 1 aromatic heterocycles. The van der Waals surface area contributed by atoms with Crippen LogP contribution in [0.4, 0.5) is 11.4 Å². The van der Waals surface area contributed by atoms with Crippen molar-refractivity contribution in [3.8, 4) is 16.9 Å². The Bertz CT molecular complexity index is 1010. The van der Waals surface area contributed by atoms with Crippen molar-refractivity contribution in [1.82, 2.24) is 20.0 Å². The number of nitro benzene ring substituents is 1. The van der Waals surface area contributed by atoms with Crippen LogP contribution in [0.3, 0.4) is 0 Å². The first kappa shape index (κ1) is 24.8. The molecule has 3 aliphatic heterocycles. The van der Waals surface area contributed by atoms with E-state index in [4.69, 9.17) is 4.74 Å². The first-order valence-corrected chi connectivity index (χ1v) is 12.0. The summed E-state index contributed by atoms with van der Waals surface area (Å²) in [6, 6.07) is 3.47. The number of rotatable bonds is 6. The number of methoxy groups -OCH3 is 1. The van der Waals surface area contributed by atoms with Gasteiger partial charge in [-0.1, -0.05) is 0 Å². The predicted molar refractivity (Wildman–Crippen MR) is 135 cm³/mol. The fourth-order valence-corrected chi connectivity index (χ4v) is 5.92. The standard InChI is InChI=1S/C24H34N6O3.ClH/c1-27-15-19(13-26-27)20-11-22(30(31)32)23(33-2)12-21(20)29-9-5-24(6-10-29)16-28(17-24)14-18-3-7-25-8-4-18;/h11-13,15,18,25H,3-10,14,16-17H2,1-2H3;1H. The summed E-state index contributed by atoms with van der Waals surface area (Å²) < 4.78 is 7.12. The molecule has 5 rings (SSSR count). The van der Waals surface area contributed by atoms with Crippen LogP contribution in [-0.2, 0) is 7.05 Å². The van der Waals surface area contributed by atoms with E-state index < -0.39 is 0 Å². The van der Waals surface area contributed by atoms with E-state index in [9.17, 15) is 10.1 Å². The number of likely N-dealkylation sites (tertiary alicyclic amines) is 1. The van der Waals surface area contributed by atoms with E-state index in [-0.39, 0.29) is 23.0 Å². The summed E-state index contributed by atoms with van der Waals surface area (Å²) >= 11 is 0. The number of hydrogen-bond donors (Lipinski definition) is 1. The lowest BCUT2D eigenvalue weighted by Crippen LogP contribution is -2.61. The van der Waals surface area contributed by atoms with Gasteiger partial charge in [-0.05, 0) is 50.1 Å². The highest BCUT2D eigenvalue weighted by atomic mass is 35.5. The number of aryl methyl sites for hydroxylation is 1. The van der Waals surface area contributed by atoms with Gasteiger partial charge in [0.2, 0.25) is 0 Å². The molecular formula is C24H35ClN6O3. The quantitative estimate of drug-likeness (QED) is 0.490. The van der Waals surface area contributed by atoms with Crippen molar-refractivity contribution in [2.75, 3.05) is 57.8 Å². The summed E-state index contributed by atoms with van der Waals surface area (Å²) in [5.41, 5.74) is 3.14. The van der Waals surface area contributed by atoms with Crippen molar-refractivity contribution in [3.05, 3.63) is 34.6 Å². The third kappa shape index (κ3) is 4.87. The zero-order valence-electron chi connectivity index (χ0n) is 20.0. The maximum Gasteiger partial charge on any atom is 0.311 e. The molecule has 0 bridgehead atoms. The second kappa shape index (κ2) is 10.1. The number of anilines is 1. The SMILES string of the molecule is COc1cc(N2CCC3(CC2)CN(CC2CCNCC2)C3)c(-c2cnn(C)c2)cc1[N+](=O)[O-].Cl. The molecule has 0 radical (unpaired) electrons. The van der Waals surface area contributed by atoms with Gasteiger partial charge in [-0.3, -0.25) is 14.8 Å². The van der Waals surface area contributed by atoms with E-state index >= 15 is 0 Å². The van der Waals surface area contributed by atoms with Gasteiger partial charge in [0.05, 0.1) is 18.2 Å². The van der Waals surface area contributed by atoms with Gasteiger partial charge in [0.25, 0.3) is 0 Å². The Morgan fingerprint density at radius 1 is 1.24 bits per heavy atom. The van der Waals surface area contributed by atoms with Gasteiger partial charge >= 0.3 is 5.69 Å². The molecule has 0 amide bonds. The second-order valence-electron chi connectivity index (χ2n) is 10.1. The van der Waals surface area contributed by atoms with Gasteiger partial charge in [0.15, 0.2) is 5.75 Å². The van der Waals surface area contributed by atoms with Gasteiger partial charge in [-0.2, -0.15) is 5.10 Å². The molecule has 34 heavy (non-hydrogen) atoms. The zero-order chi connectivity index (χ0) is 23.0. The highest BCUT2D eigenvalue weighted by Crippen LogP contribution is 2.45. The first-order valence-electron chi connectivity index (χ1n) is 12.0. The van der Waals surface area contributed by atoms with Gasteiger partial charge in [0.1, 0.15) is 0 Å². The van der Waals surface area contributed by atoms with Crippen LogP contribution in [0, 0.1) is 21.4 Å². The number of nitro groups is 1. The monoisotopic (exact) mass is 490 g/mol. The Morgan fingerprint density at radius 3 is 2.53 bits per heavy atom. The molecule has 9 nitrogen and oxygen atoms in total. The number of hydrogen-bond acceptors (Lipinski definition) is 7. The van der Waals surface area contributed by atoms with Crippen LogP contribution in [0.2, 0.25) is 0 Å². The molecule has 4 heterocycles. The maximum absolute atomic E-state index is 11.6. The molecule has 1 aromatic carbocycles. The van der Waals surface area contributed by atoms with E-state index in [1.54, 1.807) is 16.9 Å². The van der Waals surface area contributed by atoms with Crippen molar-refractivity contribution in [2.24, 2.45) is 18.4 Å². The van der Waals surface area contributed by atoms with Crippen LogP contribution >= 0.6 is 12.4 Å². The largest absolute Gasteiger partial charge is 0.490 e. The molecule has 3 aliphatic rings. The number of aromatic nitrogens is 2. The molecule has 186 valence electrons. The number of piperidine rings is 2. The summed E-state index contributed by atoms with van der Waals surface area (Å²) in [7, 11) is 3.35. The van der Waals surface area contributed by atoms with E-state index in [2.05, 4.69) is 20.2 Å². The van der Waals surface area contributed by atoms with Crippen molar-refractivity contribution < 1.29 is 9.66 Å². The average molecular weight is 491 g/mol. The number of nitrogens with one attached hydrogen (secondary N) is 1. The van der Waals surface area contributed by atoms with E-state index in [1.807, 2.05) is 19.3 Å². The van der Waals surface area contributed by atoms with Gasteiger partial charge < -0.3 is 19.9 Å². The highest BCUT2D eigenvalue weighted by molar-refractivity contribution is 5.85. The van der Waals surface area contributed by atoms with Crippen LogP contribution in [0.1, 0.15) is 25.7 Å². The minimum Gasteiger partial charge on any atom is -0.490 e. The van der Waals surface area contributed by atoms with E-state index in [0.29, 0.717) is 11.2 Å². The lowest BCUT2D eigenvalue weighted by Gasteiger charge is -2.55. The van der Waals surface area contributed by atoms with E-state index in [0.717, 1.165) is 61.8 Å². The molecular weight excluding hydrogens is 456 g/mol. The molecule has 1 N–H and O–H groups in total. The number of benzene rings is 1. The minimum absolute atomic E-state index is 0. The Hall–Kier alpha value is -2.36. The summed E-state index contributed by atoms with van der Waals surface area (Å²) in [5, 5.41) is 19.4. The zero-order valence-corrected chi connectivity index (χ0v) is 20.9. The van der Waals surface area contributed by atoms with Gasteiger partial charge in [-0.25, -0.2) is 0 Å². The van der Waals surface area contributed by atoms with Gasteiger partial charge in [0, 0.05) is 74.9 Å². The predicted octanol–water partition coefficient (Wildman–Crippen LogP) is 3.33. The third-order valence-electron chi connectivity index (χ3n) is 7.77. The van der Waals surface area contributed by atoms with Crippen molar-refractivity contribution in [2.45, 2.75) is 25.7 Å². The summed E-state index contributed by atoms with van der Waals surface area (Å²) in [5.74, 6) is 1.15. The Balaban J connectivity index is 0.00000274. The highest BCUT2D eigenvalue weighted by Gasteiger charge is 2.45. The number of halogens is 1. The Kier molecular flexibility index (Phi) is 7.35. The van der Waals surface area contributed by atoms with Gasteiger partial charge in [-0.15, -0.1) is 12.4 Å². The lowest BCUT2D eigenvalue weighted by molar-refractivity contribution is -0.385. The fourth-order valence-electron chi connectivity index (χ4n) is 5.92. The normalized spacial score (nSPS) is 20.6. The second-order valence-corrected chi connectivity index (χ2v) is 10.1. The molecule has 0 aliphatic carbocycles. The Labute approximate surface area is 207 Å². The molecule has 3 fully saturated rings. The van der Waals surface area contributed by atoms with Crippen molar-refractivity contribution in [3.63, 3.8) is 0 Å². The average Bonchev–Trinajstić information content (AvgIpc) is 3.24. The minimum atomic E-state index is -0.376. The lowest BCUT2D eigenvalue weighted by atomic mass is 9.71. The number of ether oxygens (including phenoxy) is 1. The summed E-state index contributed by atoms with van der Waals surface area (Å²) in [6.45, 7) is 7.91. The molecule has 10 heteroatoms. The summed E-state index contributed by atoms with van der Waals surface area (Å²) in [4.78, 5) is 16.3. The molecule has 3 saturated heterocycles.